The second-order valence-electron chi connectivity index (χ2n) is 2.38. The van der Waals surface area contributed by atoms with Crippen molar-refractivity contribution in [2.75, 3.05) is 0 Å². The molecule has 0 aromatic rings. The first-order chi connectivity index (χ1) is 3.34. The van der Waals surface area contributed by atoms with Crippen LogP contribution in [0.4, 0.5) is 0 Å². The van der Waals surface area contributed by atoms with Crippen molar-refractivity contribution in [1.29, 1.82) is 0 Å². The van der Waals surface area contributed by atoms with Crippen LogP contribution in [0.2, 0.25) is 0 Å². The van der Waals surface area contributed by atoms with Crippen LogP contribution in [0.15, 0.2) is 0 Å². The van der Waals surface area contributed by atoms with Crippen molar-refractivity contribution in [3.8, 4) is 0 Å². The molecule has 7 heavy (non-hydrogen) atoms. The number of hydrogen-bond acceptors (Lipinski definition) is 1. The molecule has 1 aliphatic carbocycles. The van der Waals surface area contributed by atoms with Crippen molar-refractivity contribution in [3.05, 3.63) is 0 Å². The first kappa shape index (κ1) is 4.82. The lowest BCUT2D eigenvalue weighted by molar-refractivity contribution is -0.108. The Morgan fingerprint density at radius 1 is 1.86 bits per heavy atom. The maximum atomic E-state index is 9.80. The first-order valence-electron chi connectivity index (χ1n) is 2.78. The van der Waals surface area contributed by atoms with Gasteiger partial charge in [0.1, 0.15) is 6.29 Å². The molecule has 2 unspecified atom stereocenters. The Hall–Kier alpha value is -0.330. The van der Waals surface area contributed by atoms with E-state index in [4.69, 9.17) is 0 Å². The van der Waals surface area contributed by atoms with Crippen LogP contribution in [0, 0.1) is 11.8 Å². The van der Waals surface area contributed by atoms with Gasteiger partial charge in [0.2, 0.25) is 0 Å². The zero-order chi connectivity index (χ0) is 5.28. The van der Waals surface area contributed by atoms with Gasteiger partial charge in [-0.2, -0.15) is 0 Å². The van der Waals surface area contributed by atoms with Gasteiger partial charge < -0.3 is 4.79 Å². The van der Waals surface area contributed by atoms with Crippen LogP contribution in [-0.4, -0.2) is 6.29 Å². The summed E-state index contributed by atoms with van der Waals surface area (Å²) in [6.07, 6.45) is 3.09. The Labute approximate surface area is 43.7 Å². The van der Waals surface area contributed by atoms with E-state index in [0.29, 0.717) is 0 Å². The Balaban J connectivity index is 2.08. The highest BCUT2D eigenvalue weighted by atomic mass is 16.1. The highest BCUT2D eigenvalue weighted by Gasteiger charge is 2.31. The quantitative estimate of drug-likeness (QED) is 0.475. The van der Waals surface area contributed by atoms with Crippen LogP contribution in [0.5, 0.6) is 0 Å². The molecule has 1 saturated carbocycles. The van der Waals surface area contributed by atoms with Gasteiger partial charge in [-0.3, -0.25) is 0 Å². The molecule has 1 heteroatoms. The van der Waals surface area contributed by atoms with Crippen LogP contribution in [0.3, 0.4) is 0 Å². The van der Waals surface area contributed by atoms with Crippen molar-refractivity contribution in [3.63, 3.8) is 0 Å². The van der Waals surface area contributed by atoms with E-state index in [1.165, 1.54) is 6.42 Å². The Morgan fingerprint density at radius 2 is 2.43 bits per heavy atom. The summed E-state index contributed by atoms with van der Waals surface area (Å²) in [5, 5.41) is 0. The fraction of sp³-hybridized carbons (Fsp3) is 0.833. The highest BCUT2D eigenvalue weighted by Crippen LogP contribution is 2.39. The number of carbonyl (C=O) groups is 1. The molecule has 0 saturated heterocycles. The number of aldehydes is 1. The molecule has 0 aliphatic heterocycles. The van der Waals surface area contributed by atoms with Gasteiger partial charge in [0.05, 0.1) is 0 Å². The summed E-state index contributed by atoms with van der Waals surface area (Å²) >= 11 is 0. The number of rotatable bonds is 2. The minimum absolute atomic E-state index is 0.748. The maximum absolute atomic E-state index is 9.80. The zero-order valence-electron chi connectivity index (χ0n) is 4.55. The summed E-state index contributed by atoms with van der Waals surface area (Å²) in [4.78, 5) is 9.80. The fourth-order valence-electron chi connectivity index (χ4n) is 0.851. The third kappa shape index (κ3) is 1.02. The van der Waals surface area contributed by atoms with E-state index in [9.17, 15) is 4.79 Å². The fourth-order valence-corrected chi connectivity index (χ4v) is 0.851. The average molecular weight is 98.1 g/mol. The van der Waals surface area contributed by atoms with Crippen LogP contribution < -0.4 is 0 Å². The van der Waals surface area contributed by atoms with Gasteiger partial charge in [-0.05, 0) is 18.3 Å². The monoisotopic (exact) mass is 98.1 g/mol. The molecular weight excluding hydrogens is 88.1 g/mol. The minimum Gasteiger partial charge on any atom is -0.303 e. The van der Waals surface area contributed by atoms with Crippen LogP contribution in [-0.2, 0) is 4.79 Å². The average Bonchev–Trinajstić information content (AvgIpc) is 2.22. The molecule has 1 aliphatic rings. The largest absolute Gasteiger partial charge is 0.303 e. The molecule has 2 atom stereocenters. The minimum atomic E-state index is 0.748. The van der Waals surface area contributed by atoms with E-state index < -0.39 is 0 Å². The molecule has 0 aromatic carbocycles. The van der Waals surface area contributed by atoms with Gasteiger partial charge in [-0.15, -0.1) is 0 Å². The van der Waals surface area contributed by atoms with E-state index >= 15 is 0 Å². The van der Waals surface area contributed by atoms with Gasteiger partial charge in [0.25, 0.3) is 0 Å². The molecule has 40 valence electrons. The van der Waals surface area contributed by atoms with Crippen LogP contribution in [0.1, 0.15) is 19.8 Å². The molecule has 0 radical (unpaired) electrons. The first-order valence-corrected chi connectivity index (χ1v) is 2.78. The van der Waals surface area contributed by atoms with E-state index in [1.54, 1.807) is 0 Å². The molecule has 0 heterocycles. The smallest absolute Gasteiger partial charge is 0.120 e. The van der Waals surface area contributed by atoms with Crippen molar-refractivity contribution >= 4 is 6.29 Å². The third-order valence-electron chi connectivity index (χ3n) is 1.68. The highest BCUT2D eigenvalue weighted by molar-refractivity contribution is 5.50. The molecule has 0 aromatic heterocycles. The lowest BCUT2D eigenvalue weighted by Crippen LogP contribution is -1.77. The lowest BCUT2D eigenvalue weighted by atomic mass is 10.3. The van der Waals surface area contributed by atoms with Gasteiger partial charge in [-0.1, -0.05) is 6.92 Å². The molecule has 1 fully saturated rings. The summed E-state index contributed by atoms with van der Waals surface area (Å²) < 4.78 is 0. The van der Waals surface area contributed by atoms with Crippen molar-refractivity contribution in [2.45, 2.75) is 19.8 Å². The maximum Gasteiger partial charge on any atom is 0.120 e. The molecule has 1 nitrogen and oxygen atoms in total. The summed E-state index contributed by atoms with van der Waals surface area (Å²) in [6, 6.07) is 0. The summed E-state index contributed by atoms with van der Waals surface area (Å²) in [6.45, 7) is 2.19. The van der Waals surface area contributed by atoms with Gasteiger partial charge in [0.15, 0.2) is 0 Å². The summed E-state index contributed by atoms with van der Waals surface area (Å²) in [7, 11) is 0. The Bertz CT molecular complexity index is 78.2. The zero-order valence-corrected chi connectivity index (χ0v) is 4.55. The van der Waals surface area contributed by atoms with Gasteiger partial charge >= 0.3 is 0 Å². The Kier molecular flexibility index (Phi) is 1.13. The molecule has 0 amide bonds. The van der Waals surface area contributed by atoms with E-state index in [-0.39, 0.29) is 0 Å². The van der Waals surface area contributed by atoms with E-state index in [2.05, 4.69) is 6.92 Å². The van der Waals surface area contributed by atoms with Crippen LogP contribution >= 0.6 is 0 Å². The number of hydrogen-bond donors (Lipinski definition) is 0. The Morgan fingerprint density at radius 3 is 2.57 bits per heavy atom. The summed E-state index contributed by atoms with van der Waals surface area (Å²) in [5.41, 5.74) is 0. The van der Waals surface area contributed by atoms with Gasteiger partial charge in [-0.25, -0.2) is 0 Å². The molecule has 0 N–H and O–H groups in total. The predicted octanol–water partition coefficient (Wildman–Crippen LogP) is 1.23. The third-order valence-corrected chi connectivity index (χ3v) is 1.68. The summed E-state index contributed by atoms with van der Waals surface area (Å²) in [5.74, 6) is 1.59. The van der Waals surface area contributed by atoms with Crippen molar-refractivity contribution in [2.24, 2.45) is 11.8 Å². The van der Waals surface area contributed by atoms with E-state index in [0.717, 1.165) is 24.5 Å². The topological polar surface area (TPSA) is 17.1 Å². The molecule has 0 bridgehead atoms. The second kappa shape index (κ2) is 1.65. The normalized spacial score (nSPS) is 37.9. The van der Waals surface area contributed by atoms with Crippen molar-refractivity contribution in [1.82, 2.24) is 0 Å². The standard InChI is InChI=1S/C6H10O/c1-5-4-6(5)2-3-7/h3,5-6H,2,4H2,1H3. The lowest BCUT2D eigenvalue weighted by Gasteiger charge is -1.78. The SMILES string of the molecule is CC1CC1CC=O. The van der Waals surface area contributed by atoms with Crippen molar-refractivity contribution < 1.29 is 4.79 Å². The van der Waals surface area contributed by atoms with Gasteiger partial charge in [0, 0.05) is 6.42 Å². The van der Waals surface area contributed by atoms with E-state index in [1.807, 2.05) is 0 Å². The molecule has 1 rings (SSSR count). The van der Waals surface area contributed by atoms with Crippen LogP contribution in [0.25, 0.3) is 0 Å². The second-order valence-corrected chi connectivity index (χ2v) is 2.38. The molecule has 0 spiro atoms. The molecular formula is C6H10O. The number of carbonyl (C=O) groups excluding carboxylic acids is 1. The predicted molar refractivity (Wildman–Crippen MR) is 28.0 cm³/mol.